The van der Waals surface area contributed by atoms with Crippen LogP contribution in [0.5, 0.6) is 5.75 Å². The van der Waals surface area contributed by atoms with Crippen LogP contribution in [0, 0.1) is 6.92 Å². The Bertz CT molecular complexity index is 853. The van der Waals surface area contributed by atoms with E-state index in [1.807, 2.05) is 38.2 Å². The second-order valence-corrected chi connectivity index (χ2v) is 6.72. The number of aryl methyl sites for hydroxylation is 1. The van der Waals surface area contributed by atoms with Gasteiger partial charge in [0.25, 0.3) is 0 Å². The lowest BCUT2D eigenvalue weighted by atomic mass is 10.1. The van der Waals surface area contributed by atoms with Gasteiger partial charge in [-0.1, -0.05) is 5.16 Å². The molecule has 1 saturated heterocycles. The highest BCUT2D eigenvalue weighted by Gasteiger charge is 2.29. The number of hydrogen-bond acceptors (Lipinski definition) is 5. The number of likely N-dealkylation sites (tertiary alicyclic amines) is 1. The summed E-state index contributed by atoms with van der Waals surface area (Å²) in [6, 6.07) is 10.5. The molecule has 1 N–H and O–H groups in total. The van der Waals surface area contributed by atoms with Crippen LogP contribution in [-0.4, -0.2) is 33.4 Å². The first-order valence-electron chi connectivity index (χ1n) is 9.17. The molecule has 0 amide bonds. The minimum atomic E-state index is 0.315. The molecule has 2 aromatic heterocycles. The molecule has 0 radical (unpaired) electrons. The minimum Gasteiger partial charge on any atom is -0.494 e. The quantitative estimate of drug-likeness (QED) is 0.723. The fourth-order valence-corrected chi connectivity index (χ4v) is 3.68. The molecule has 26 heavy (non-hydrogen) atoms. The first kappa shape index (κ1) is 16.8. The van der Waals surface area contributed by atoms with Gasteiger partial charge in [-0.05, 0) is 57.5 Å². The van der Waals surface area contributed by atoms with Crippen LogP contribution < -0.4 is 4.74 Å². The van der Waals surface area contributed by atoms with Gasteiger partial charge in [0.05, 0.1) is 24.5 Å². The first-order valence-corrected chi connectivity index (χ1v) is 9.17. The van der Waals surface area contributed by atoms with Crippen LogP contribution in [0.3, 0.4) is 0 Å². The lowest BCUT2D eigenvalue weighted by Crippen LogP contribution is -2.23. The van der Waals surface area contributed by atoms with Gasteiger partial charge in [0.2, 0.25) is 0 Å². The smallest absolute Gasteiger partial charge is 0.133 e. The van der Waals surface area contributed by atoms with E-state index in [0.29, 0.717) is 12.6 Å². The summed E-state index contributed by atoms with van der Waals surface area (Å²) in [5.74, 6) is 1.75. The number of hydrogen-bond donors (Lipinski definition) is 1. The maximum Gasteiger partial charge on any atom is 0.133 e. The molecule has 6 nitrogen and oxygen atoms in total. The number of aromatic amines is 1. The van der Waals surface area contributed by atoms with Gasteiger partial charge in [-0.15, -0.1) is 0 Å². The van der Waals surface area contributed by atoms with Gasteiger partial charge in [0.1, 0.15) is 17.2 Å². The van der Waals surface area contributed by atoms with Crippen LogP contribution in [0.4, 0.5) is 0 Å². The Balaban J connectivity index is 1.53. The third-order valence-electron chi connectivity index (χ3n) is 4.90. The second kappa shape index (κ2) is 7.33. The number of nitrogens with zero attached hydrogens (tertiary/aromatic N) is 3. The fourth-order valence-electron chi connectivity index (χ4n) is 3.68. The van der Waals surface area contributed by atoms with E-state index in [1.165, 1.54) is 12.0 Å². The van der Waals surface area contributed by atoms with Crippen LogP contribution >= 0.6 is 0 Å². The zero-order valence-electron chi connectivity index (χ0n) is 15.2. The Hall–Kier alpha value is -2.60. The predicted octanol–water partition coefficient (Wildman–Crippen LogP) is 4.11. The maximum atomic E-state index is 5.53. The summed E-state index contributed by atoms with van der Waals surface area (Å²) in [6.45, 7) is 6.51. The number of H-pyrrole nitrogens is 1. The molecule has 3 aromatic rings. The van der Waals surface area contributed by atoms with E-state index < -0.39 is 0 Å². The van der Waals surface area contributed by atoms with Crippen molar-refractivity contribution < 1.29 is 9.26 Å². The molecule has 0 saturated carbocycles. The van der Waals surface area contributed by atoms with E-state index in [4.69, 9.17) is 9.26 Å². The van der Waals surface area contributed by atoms with Gasteiger partial charge in [0, 0.05) is 23.7 Å². The number of nitrogens with one attached hydrogen (secondary N) is 1. The normalized spacial score (nSPS) is 17.7. The Kier molecular flexibility index (Phi) is 4.75. The highest BCUT2D eigenvalue weighted by atomic mass is 16.5. The molecule has 1 atom stereocenters. The molecule has 0 spiro atoms. The molecule has 3 heterocycles. The number of ether oxygens (including phenoxy) is 1. The Morgan fingerprint density at radius 1 is 1.31 bits per heavy atom. The van der Waals surface area contributed by atoms with Crippen molar-refractivity contribution in [2.75, 3.05) is 13.2 Å². The Labute approximate surface area is 153 Å². The molecule has 136 valence electrons. The highest BCUT2D eigenvalue weighted by Crippen LogP contribution is 2.34. The van der Waals surface area contributed by atoms with Crippen LogP contribution in [-0.2, 0) is 6.54 Å². The summed E-state index contributed by atoms with van der Waals surface area (Å²) < 4.78 is 10.8. The number of aromatic nitrogens is 3. The summed E-state index contributed by atoms with van der Waals surface area (Å²) in [6.07, 6.45) is 4.21. The molecule has 1 aromatic carbocycles. The molecule has 0 bridgehead atoms. The van der Waals surface area contributed by atoms with Gasteiger partial charge >= 0.3 is 0 Å². The van der Waals surface area contributed by atoms with Gasteiger partial charge in [-0.2, -0.15) is 5.10 Å². The van der Waals surface area contributed by atoms with Crippen molar-refractivity contribution in [3.8, 4) is 17.0 Å². The van der Waals surface area contributed by atoms with E-state index in [0.717, 1.165) is 48.0 Å². The molecule has 1 aliphatic rings. The van der Waals surface area contributed by atoms with Crippen molar-refractivity contribution in [1.82, 2.24) is 20.3 Å². The van der Waals surface area contributed by atoms with E-state index in [9.17, 15) is 0 Å². The zero-order valence-corrected chi connectivity index (χ0v) is 15.2. The minimum absolute atomic E-state index is 0.315. The molecule has 1 unspecified atom stereocenters. The van der Waals surface area contributed by atoms with E-state index in [-0.39, 0.29) is 0 Å². The average Bonchev–Trinajstić information content (AvgIpc) is 3.37. The van der Waals surface area contributed by atoms with Crippen LogP contribution in [0.15, 0.2) is 41.1 Å². The summed E-state index contributed by atoms with van der Waals surface area (Å²) in [5.41, 5.74) is 4.41. The molecule has 4 rings (SSSR count). The number of rotatable bonds is 6. The first-order chi connectivity index (χ1) is 12.7. The van der Waals surface area contributed by atoms with Gasteiger partial charge < -0.3 is 9.26 Å². The maximum absolute atomic E-state index is 5.53. The van der Waals surface area contributed by atoms with Crippen LogP contribution in [0.2, 0.25) is 0 Å². The lowest BCUT2D eigenvalue weighted by Gasteiger charge is -2.22. The number of benzene rings is 1. The van der Waals surface area contributed by atoms with Crippen molar-refractivity contribution in [3.63, 3.8) is 0 Å². The van der Waals surface area contributed by atoms with E-state index in [2.05, 4.69) is 32.4 Å². The molecule has 1 aliphatic heterocycles. The third kappa shape index (κ3) is 3.37. The average molecular weight is 352 g/mol. The van der Waals surface area contributed by atoms with Crippen molar-refractivity contribution in [1.29, 1.82) is 0 Å². The summed E-state index contributed by atoms with van der Waals surface area (Å²) in [7, 11) is 0. The van der Waals surface area contributed by atoms with E-state index >= 15 is 0 Å². The van der Waals surface area contributed by atoms with Crippen LogP contribution in [0.25, 0.3) is 11.3 Å². The molecular weight excluding hydrogens is 328 g/mol. The van der Waals surface area contributed by atoms with Crippen molar-refractivity contribution in [2.45, 2.75) is 39.3 Å². The van der Waals surface area contributed by atoms with Gasteiger partial charge in [-0.25, -0.2) is 0 Å². The third-order valence-corrected chi connectivity index (χ3v) is 4.90. The largest absolute Gasteiger partial charge is 0.494 e. The summed E-state index contributed by atoms with van der Waals surface area (Å²) >= 11 is 0. The standard InChI is InChI=1S/C20H24N4O2/c1-3-25-17-8-6-15(7-9-17)20-16(12-21-22-20)13-24-10-4-5-19(24)18-11-14(2)26-23-18/h6-9,11-12,19H,3-5,10,13H2,1-2H3,(H,21,22). The highest BCUT2D eigenvalue weighted by molar-refractivity contribution is 5.63. The monoisotopic (exact) mass is 352 g/mol. The van der Waals surface area contributed by atoms with Gasteiger partial charge in [-0.3, -0.25) is 10.00 Å². The molecule has 0 aliphatic carbocycles. The molecule has 1 fully saturated rings. The summed E-state index contributed by atoms with van der Waals surface area (Å²) in [5, 5.41) is 11.7. The topological polar surface area (TPSA) is 67.2 Å². The van der Waals surface area contributed by atoms with Crippen molar-refractivity contribution in [2.24, 2.45) is 0 Å². The molecular formula is C20H24N4O2. The fraction of sp³-hybridized carbons (Fsp3) is 0.400. The van der Waals surface area contributed by atoms with Crippen molar-refractivity contribution in [3.05, 3.63) is 53.5 Å². The summed E-state index contributed by atoms with van der Waals surface area (Å²) in [4.78, 5) is 2.46. The predicted molar refractivity (Wildman–Crippen MR) is 98.8 cm³/mol. The Morgan fingerprint density at radius 2 is 2.15 bits per heavy atom. The van der Waals surface area contributed by atoms with E-state index in [1.54, 1.807) is 0 Å². The zero-order chi connectivity index (χ0) is 17.9. The lowest BCUT2D eigenvalue weighted by molar-refractivity contribution is 0.237. The Morgan fingerprint density at radius 3 is 2.88 bits per heavy atom. The second-order valence-electron chi connectivity index (χ2n) is 6.72. The van der Waals surface area contributed by atoms with Gasteiger partial charge in [0.15, 0.2) is 0 Å². The SMILES string of the molecule is CCOc1ccc(-c2[nH]ncc2CN2CCCC2c2cc(C)on2)cc1. The molecule has 6 heteroatoms. The van der Waals surface area contributed by atoms with Crippen LogP contribution in [0.1, 0.15) is 42.8 Å². The van der Waals surface area contributed by atoms with Crippen molar-refractivity contribution >= 4 is 0 Å².